The molecule has 1 N–H and O–H groups in total. The fraction of sp³-hybridized carbons (Fsp3) is 0.455. The van der Waals surface area contributed by atoms with Crippen molar-refractivity contribution in [3.63, 3.8) is 0 Å². The van der Waals surface area contributed by atoms with Gasteiger partial charge in [0.05, 0.1) is 25.9 Å². The highest BCUT2D eigenvalue weighted by Crippen LogP contribution is 2.39. The first-order valence-corrected chi connectivity index (χ1v) is 18.8. The summed E-state index contributed by atoms with van der Waals surface area (Å²) in [6.45, 7) is 18.6. The molecule has 0 amide bonds. The van der Waals surface area contributed by atoms with E-state index in [1.165, 1.54) is 10.4 Å². The molecular weight excluding hydrogens is 517 g/mol. The summed E-state index contributed by atoms with van der Waals surface area (Å²) in [5.74, 6) is 0. The van der Waals surface area contributed by atoms with Gasteiger partial charge in [0.15, 0.2) is 8.32 Å². The summed E-state index contributed by atoms with van der Waals surface area (Å²) in [6.07, 6.45) is -1.00. The molecule has 0 saturated heterocycles. The van der Waals surface area contributed by atoms with Crippen molar-refractivity contribution in [1.82, 2.24) is 0 Å². The van der Waals surface area contributed by atoms with Gasteiger partial charge >= 0.3 is 0 Å². The average Bonchev–Trinajstić information content (AvgIpc) is 2.90. The molecule has 3 aromatic carbocycles. The first-order valence-electron chi connectivity index (χ1n) is 14.0. The first-order chi connectivity index (χ1) is 18.3. The highest BCUT2D eigenvalue weighted by Gasteiger charge is 2.52. The molecule has 0 saturated carbocycles. The summed E-state index contributed by atoms with van der Waals surface area (Å²) in [5, 5.41) is 13.1. The van der Waals surface area contributed by atoms with Crippen LogP contribution in [0, 0.1) is 0 Å². The van der Waals surface area contributed by atoms with Crippen LogP contribution < -0.4 is 10.4 Å². The van der Waals surface area contributed by atoms with Crippen molar-refractivity contribution in [2.75, 3.05) is 13.2 Å². The predicted molar refractivity (Wildman–Crippen MR) is 168 cm³/mol. The summed E-state index contributed by atoms with van der Waals surface area (Å²) in [7, 11) is -4.96. The lowest BCUT2D eigenvalue weighted by molar-refractivity contribution is -0.0770. The number of ether oxygens (including phenoxy) is 1. The van der Waals surface area contributed by atoms with E-state index in [2.05, 4.69) is 115 Å². The Morgan fingerprint density at radius 1 is 0.667 bits per heavy atom. The second kappa shape index (κ2) is 13.1. The molecule has 0 fully saturated rings. The fourth-order valence-corrected chi connectivity index (χ4v) is 10.4. The normalized spacial score (nSPS) is 14.7. The number of hydrogen-bond acceptors (Lipinski definition) is 4. The molecule has 0 unspecified atom stereocenters. The van der Waals surface area contributed by atoms with Crippen LogP contribution in [0.15, 0.2) is 91.0 Å². The second-order valence-corrected chi connectivity index (χ2v) is 22.0. The number of benzene rings is 3. The maximum absolute atomic E-state index is 10.9. The predicted octanol–water partition coefficient (Wildman–Crippen LogP) is 6.53. The molecule has 0 heterocycles. The lowest BCUT2D eigenvalue weighted by Crippen LogP contribution is -2.69. The number of hydrogen-bond donors (Lipinski definition) is 1. The Hall–Kier alpha value is -2.07. The van der Waals surface area contributed by atoms with Gasteiger partial charge in [0.1, 0.15) is 6.10 Å². The van der Waals surface area contributed by atoms with Gasteiger partial charge in [-0.05, 0) is 39.1 Å². The van der Waals surface area contributed by atoms with Crippen molar-refractivity contribution in [2.24, 2.45) is 0 Å². The molecule has 39 heavy (non-hydrogen) atoms. The van der Waals surface area contributed by atoms with Gasteiger partial charge in [-0.2, -0.15) is 0 Å². The molecule has 0 radical (unpaired) electrons. The molecule has 212 valence electrons. The Morgan fingerprint density at radius 3 is 1.54 bits per heavy atom. The van der Waals surface area contributed by atoms with E-state index >= 15 is 0 Å². The molecule has 4 nitrogen and oxygen atoms in total. The van der Waals surface area contributed by atoms with Crippen LogP contribution in [-0.2, 0) is 20.2 Å². The minimum atomic E-state index is -2.90. The Balaban J connectivity index is 2.05. The topological polar surface area (TPSA) is 47.9 Å². The summed E-state index contributed by atoms with van der Waals surface area (Å²) in [5.41, 5.74) is 1.08. The van der Waals surface area contributed by atoms with E-state index in [9.17, 15) is 5.11 Å². The summed E-state index contributed by atoms with van der Waals surface area (Å²) < 4.78 is 20.6. The van der Waals surface area contributed by atoms with E-state index in [0.29, 0.717) is 13.2 Å². The zero-order valence-electron chi connectivity index (χ0n) is 25.1. The summed E-state index contributed by atoms with van der Waals surface area (Å²) in [6, 6.07) is 31.2. The Labute approximate surface area is 238 Å². The van der Waals surface area contributed by atoms with Crippen molar-refractivity contribution in [2.45, 2.75) is 83.5 Å². The van der Waals surface area contributed by atoms with Crippen molar-refractivity contribution >= 4 is 27.0 Å². The van der Waals surface area contributed by atoms with Gasteiger partial charge in [-0.1, -0.05) is 133 Å². The van der Waals surface area contributed by atoms with Gasteiger partial charge in [0.2, 0.25) is 0 Å². The van der Waals surface area contributed by atoms with Crippen LogP contribution in [0.2, 0.25) is 23.2 Å². The monoisotopic (exact) mass is 564 g/mol. The molecule has 0 bridgehead atoms. The number of rotatable bonds is 12. The van der Waals surface area contributed by atoms with Crippen LogP contribution in [0.25, 0.3) is 0 Å². The van der Waals surface area contributed by atoms with Gasteiger partial charge < -0.3 is 18.7 Å². The largest absolute Gasteiger partial charge is 0.414 e. The van der Waals surface area contributed by atoms with E-state index in [0.717, 1.165) is 5.56 Å². The van der Waals surface area contributed by atoms with E-state index in [1.54, 1.807) is 0 Å². The highest BCUT2D eigenvalue weighted by atomic mass is 28.4. The molecule has 2 atom stereocenters. The first kappa shape index (κ1) is 31.5. The van der Waals surface area contributed by atoms with Crippen LogP contribution in [0.3, 0.4) is 0 Å². The van der Waals surface area contributed by atoms with Crippen LogP contribution in [0.5, 0.6) is 0 Å². The number of aliphatic hydroxyl groups is 1. The van der Waals surface area contributed by atoms with Crippen molar-refractivity contribution in [3.8, 4) is 0 Å². The van der Waals surface area contributed by atoms with Gasteiger partial charge in [0.25, 0.3) is 8.32 Å². The zero-order chi connectivity index (χ0) is 28.7. The average molecular weight is 565 g/mol. The highest BCUT2D eigenvalue weighted by molar-refractivity contribution is 6.99. The van der Waals surface area contributed by atoms with Gasteiger partial charge in [0, 0.05) is 0 Å². The van der Waals surface area contributed by atoms with E-state index in [4.69, 9.17) is 13.6 Å². The molecule has 0 aliphatic carbocycles. The van der Waals surface area contributed by atoms with Crippen molar-refractivity contribution in [1.29, 1.82) is 0 Å². The molecule has 0 aromatic heterocycles. The third-order valence-corrected chi connectivity index (χ3v) is 17.6. The van der Waals surface area contributed by atoms with Gasteiger partial charge in [-0.25, -0.2) is 0 Å². The Bertz CT molecular complexity index is 1080. The zero-order valence-corrected chi connectivity index (χ0v) is 27.1. The standard InChI is InChI=1S/C33H48O4Si2/c1-32(2,3)38(7,8)36-26-31(35-25-27-18-12-9-13-19-27)30(24-34)37-39(33(4,5)6,28-20-14-10-15-21-28)29-22-16-11-17-23-29/h9-23,30-31,34H,24-26H2,1-8H3/t30-,31-/m0/s1. The molecule has 3 aromatic rings. The van der Waals surface area contributed by atoms with Crippen LogP contribution in [-0.4, -0.2) is 47.2 Å². The maximum Gasteiger partial charge on any atom is 0.261 e. The molecule has 0 aliphatic rings. The third kappa shape index (κ3) is 7.57. The van der Waals surface area contributed by atoms with Crippen molar-refractivity contribution in [3.05, 3.63) is 96.6 Å². The summed E-state index contributed by atoms with van der Waals surface area (Å²) >= 11 is 0. The molecule has 0 aliphatic heterocycles. The second-order valence-electron chi connectivity index (χ2n) is 12.9. The third-order valence-electron chi connectivity index (χ3n) is 8.06. The molecule has 0 spiro atoms. The van der Waals surface area contributed by atoms with E-state index in [1.807, 2.05) is 30.3 Å². The van der Waals surface area contributed by atoms with Gasteiger partial charge in [-0.3, -0.25) is 0 Å². The smallest absolute Gasteiger partial charge is 0.261 e. The maximum atomic E-state index is 10.9. The minimum absolute atomic E-state index is 0.0601. The number of aliphatic hydroxyl groups excluding tert-OH is 1. The van der Waals surface area contributed by atoms with E-state index in [-0.39, 0.29) is 16.7 Å². The molecular formula is C33H48O4Si2. The molecule has 3 rings (SSSR count). The summed E-state index contributed by atoms with van der Waals surface area (Å²) in [4.78, 5) is 0. The minimum Gasteiger partial charge on any atom is -0.414 e. The fourth-order valence-electron chi connectivity index (χ4n) is 4.70. The molecule has 6 heteroatoms. The van der Waals surface area contributed by atoms with Crippen LogP contribution >= 0.6 is 0 Å². The lowest BCUT2D eigenvalue weighted by atomic mass is 10.2. The lowest BCUT2D eigenvalue weighted by Gasteiger charge is -2.46. The SMILES string of the molecule is CC(C)(C)[Si](C)(C)OC[C@H](OCc1ccccc1)[C@H](CO)O[Si](c1ccccc1)(c1ccccc1)C(C)(C)C. The van der Waals surface area contributed by atoms with Gasteiger partial charge in [-0.15, -0.1) is 0 Å². The van der Waals surface area contributed by atoms with Crippen LogP contribution in [0.1, 0.15) is 47.1 Å². The Morgan fingerprint density at radius 2 is 1.13 bits per heavy atom. The van der Waals surface area contributed by atoms with E-state index < -0.39 is 28.8 Å². The Kier molecular flexibility index (Phi) is 10.5. The van der Waals surface area contributed by atoms with Crippen LogP contribution in [0.4, 0.5) is 0 Å². The quantitative estimate of drug-likeness (QED) is 0.254. The van der Waals surface area contributed by atoms with Crippen molar-refractivity contribution < 1.29 is 18.7 Å².